The molecule has 0 atom stereocenters. The van der Waals surface area contributed by atoms with Gasteiger partial charge >= 0.3 is 4.87 Å². The molecule has 2 aromatic carbocycles. The first-order valence-electron chi connectivity index (χ1n) is 8.08. The number of methoxy groups -OCH3 is 1. The molecule has 0 aliphatic heterocycles. The van der Waals surface area contributed by atoms with Gasteiger partial charge in [0.05, 0.1) is 27.9 Å². The van der Waals surface area contributed by atoms with Gasteiger partial charge in [0.25, 0.3) is 10.0 Å². The van der Waals surface area contributed by atoms with Crippen LogP contribution in [0.2, 0.25) is 0 Å². The maximum atomic E-state index is 12.9. The van der Waals surface area contributed by atoms with Crippen molar-refractivity contribution in [1.29, 1.82) is 0 Å². The number of fused-ring (bicyclic) bond motifs is 1. The quantitative estimate of drug-likeness (QED) is 0.721. The summed E-state index contributed by atoms with van der Waals surface area (Å²) in [5, 5.41) is 0. The molecule has 138 valence electrons. The lowest BCUT2D eigenvalue weighted by Crippen LogP contribution is -2.16. The Labute approximate surface area is 156 Å². The third-order valence-corrected chi connectivity index (χ3v) is 6.80. The van der Waals surface area contributed by atoms with Gasteiger partial charge in [-0.05, 0) is 62.2 Å². The SMILES string of the molecule is CCn1c(=O)sc2cc(NS(=O)(=O)c3c(C)cc(OC)cc3C)ccc21. The molecule has 0 amide bonds. The normalized spacial score (nSPS) is 11.7. The summed E-state index contributed by atoms with van der Waals surface area (Å²) in [6, 6.07) is 8.52. The lowest BCUT2D eigenvalue weighted by Gasteiger charge is -2.14. The Kier molecular flexibility index (Phi) is 4.81. The van der Waals surface area contributed by atoms with E-state index in [1.54, 1.807) is 55.9 Å². The zero-order chi connectivity index (χ0) is 19.1. The maximum absolute atomic E-state index is 12.9. The molecule has 0 aliphatic carbocycles. The molecule has 0 aliphatic rings. The van der Waals surface area contributed by atoms with E-state index in [0.717, 1.165) is 21.6 Å². The number of rotatable bonds is 5. The smallest absolute Gasteiger partial charge is 0.308 e. The molecule has 1 N–H and O–H groups in total. The summed E-state index contributed by atoms with van der Waals surface area (Å²) in [4.78, 5) is 12.2. The zero-order valence-corrected chi connectivity index (χ0v) is 16.6. The number of hydrogen-bond donors (Lipinski definition) is 1. The number of ether oxygens (including phenoxy) is 1. The van der Waals surface area contributed by atoms with Crippen molar-refractivity contribution in [1.82, 2.24) is 4.57 Å². The van der Waals surface area contributed by atoms with E-state index >= 15 is 0 Å². The van der Waals surface area contributed by atoms with E-state index in [1.807, 2.05) is 6.92 Å². The van der Waals surface area contributed by atoms with Crippen LogP contribution in [0.15, 0.2) is 40.0 Å². The zero-order valence-electron chi connectivity index (χ0n) is 15.0. The van der Waals surface area contributed by atoms with E-state index in [0.29, 0.717) is 29.1 Å². The number of aryl methyl sites for hydroxylation is 3. The van der Waals surface area contributed by atoms with Crippen LogP contribution in [0.25, 0.3) is 10.2 Å². The third-order valence-electron chi connectivity index (χ3n) is 4.17. The van der Waals surface area contributed by atoms with Crippen LogP contribution in [-0.2, 0) is 16.6 Å². The Morgan fingerprint density at radius 1 is 1.15 bits per heavy atom. The number of sulfonamides is 1. The van der Waals surface area contributed by atoms with Gasteiger partial charge in [0.2, 0.25) is 0 Å². The van der Waals surface area contributed by atoms with E-state index in [2.05, 4.69) is 4.72 Å². The number of nitrogens with one attached hydrogen (secondary N) is 1. The van der Waals surface area contributed by atoms with Crippen molar-refractivity contribution in [3.63, 3.8) is 0 Å². The number of aromatic nitrogens is 1. The molecule has 8 heteroatoms. The highest BCUT2D eigenvalue weighted by atomic mass is 32.2. The molecular formula is C18H20N2O4S2. The van der Waals surface area contributed by atoms with Crippen LogP contribution in [-0.4, -0.2) is 20.1 Å². The Balaban J connectivity index is 2.03. The Morgan fingerprint density at radius 2 is 1.81 bits per heavy atom. The topological polar surface area (TPSA) is 77.4 Å². The van der Waals surface area contributed by atoms with Gasteiger partial charge in [-0.2, -0.15) is 0 Å². The largest absolute Gasteiger partial charge is 0.497 e. The summed E-state index contributed by atoms with van der Waals surface area (Å²) in [7, 11) is -2.22. The van der Waals surface area contributed by atoms with Crippen molar-refractivity contribution in [3.05, 3.63) is 51.1 Å². The predicted molar refractivity (Wildman–Crippen MR) is 105 cm³/mol. The first-order chi connectivity index (χ1) is 12.3. The van der Waals surface area contributed by atoms with Gasteiger partial charge in [-0.1, -0.05) is 11.3 Å². The minimum atomic E-state index is -3.76. The van der Waals surface area contributed by atoms with Crippen molar-refractivity contribution in [2.75, 3.05) is 11.8 Å². The fourth-order valence-corrected chi connectivity index (χ4v) is 5.59. The summed E-state index contributed by atoms with van der Waals surface area (Å²) < 4.78 is 36.0. The summed E-state index contributed by atoms with van der Waals surface area (Å²) in [6.07, 6.45) is 0. The van der Waals surface area contributed by atoms with Crippen LogP contribution >= 0.6 is 11.3 Å². The van der Waals surface area contributed by atoms with Crippen molar-refractivity contribution in [3.8, 4) is 5.75 Å². The van der Waals surface area contributed by atoms with Gasteiger partial charge in [0.1, 0.15) is 5.75 Å². The second-order valence-corrected chi connectivity index (χ2v) is 8.60. The van der Waals surface area contributed by atoms with Gasteiger partial charge in [0.15, 0.2) is 0 Å². The molecule has 0 radical (unpaired) electrons. The summed E-state index contributed by atoms with van der Waals surface area (Å²) in [6.45, 7) is 5.95. The second kappa shape index (κ2) is 6.77. The fourth-order valence-electron chi connectivity index (χ4n) is 3.09. The average Bonchev–Trinajstić information content (AvgIpc) is 2.87. The molecular weight excluding hydrogens is 372 g/mol. The molecule has 1 heterocycles. The molecule has 6 nitrogen and oxygen atoms in total. The van der Waals surface area contributed by atoms with E-state index < -0.39 is 10.0 Å². The Morgan fingerprint density at radius 3 is 2.38 bits per heavy atom. The van der Waals surface area contributed by atoms with Crippen LogP contribution in [0.1, 0.15) is 18.1 Å². The number of nitrogens with zero attached hydrogens (tertiary/aromatic N) is 1. The van der Waals surface area contributed by atoms with Crippen molar-refractivity contribution >= 4 is 37.3 Å². The van der Waals surface area contributed by atoms with Gasteiger partial charge in [-0.25, -0.2) is 8.42 Å². The van der Waals surface area contributed by atoms with Crippen LogP contribution < -0.4 is 14.3 Å². The first kappa shape index (κ1) is 18.5. The predicted octanol–water partition coefficient (Wildman–Crippen LogP) is 3.51. The van der Waals surface area contributed by atoms with E-state index in [4.69, 9.17) is 4.74 Å². The molecule has 0 saturated carbocycles. The van der Waals surface area contributed by atoms with Crippen LogP contribution in [0.4, 0.5) is 5.69 Å². The van der Waals surface area contributed by atoms with Gasteiger partial charge in [0, 0.05) is 6.54 Å². The standard InChI is InChI=1S/C18H20N2O4S2/c1-5-20-15-7-6-13(10-16(15)25-18(20)21)19-26(22,23)17-11(2)8-14(24-4)9-12(17)3/h6-10,19H,5H2,1-4H3. The first-order valence-corrected chi connectivity index (χ1v) is 10.4. The monoisotopic (exact) mass is 392 g/mol. The van der Waals surface area contributed by atoms with Gasteiger partial charge in [-0.15, -0.1) is 0 Å². The highest BCUT2D eigenvalue weighted by molar-refractivity contribution is 7.92. The summed E-state index contributed by atoms with van der Waals surface area (Å²) >= 11 is 1.11. The molecule has 0 bridgehead atoms. The van der Waals surface area contributed by atoms with Gasteiger partial charge in [-0.3, -0.25) is 14.1 Å². The van der Waals surface area contributed by atoms with Crippen molar-refractivity contribution in [2.45, 2.75) is 32.2 Å². The number of benzene rings is 2. The minimum Gasteiger partial charge on any atom is -0.497 e. The number of anilines is 1. The molecule has 0 unspecified atom stereocenters. The third kappa shape index (κ3) is 3.22. The van der Waals surface area contributed by atoms with Crippen LogP contribution in [0.5, 0.6) is 5.75 Å². The Bertz CT molecular complexity index is 1120. The van der Waals surface area contributed by atoms with Gasteiger partial charge < -0.3 is 4.74 Å². The number of hydrogen-bond acceptors (Lipinski definition) is 5. The molecule has 3 rings (SSSR count). The van der Waals surface area contributed by atoms with E-state index in [9.17, 15) is 13.2 Å². The lowest BCUT2D eigenvalue weighted by atomic mass is 10.1. The lowest BCUT2D eigenvalue weighted by molar-refractivity contribution is 0.413. The molecule has 0 fully saturated rings. The summed E-state index contributed by atoms with van der Waals surface area (Å²) in [5.41, 5.74) is 2.45. The molecule has 0 spiro atoms. The molecule has 0 saturated heterocycles. The Hall–Kier alpha value is -2.32. The van der Waals surface area contributed by atoms with E-state index in [1.165, 1.54) is 0 Å². The average molecular weight is 393 g/mol. The summed E-state index contributed by atoms with van der Waals surface area (Å²) in [5.74, 6) is 0.617. The van der Waals surface area contributed by atoms with Crippen LogP contribution in [0, 0.1) is 13.8 Å². The molecule has 26 heavy (non-hydrogen) atoms. The molecule has 1 aromatic heterocycles. The molecule has 3 aromatic rings. The highest BCUT2D eigenvalue weighted by Gasteiger charge is 2.21. The minimum absolute atomic E-state index is 0.0515. The number of thiazole rings is 1. The highest BCUT2D eigenvalue weighted by Crippen LogP contribution is 2.29. The van der Waals surface area contributed by atoms with Crippen molar-refractivity contribution in [2.24, 2.45) is 0 Å². The fraction of sp³-hybridized carbons (Fsp3) is 0.278. The van der Waals surface area contributed by atoms with E-state index in [-0.39, 0.29) is 9.77 Å². The van der Waals surface area contributed by atoms with Crippen molar-refractivity contribution < 1.29 is 13.2 Å². The maximum Gasteiger partial charge on any atom is 0.308 e. The second-order valence-electron chi connectivity index (χ2n) is 5.99. The van der Waals surface area contributed by atoms with Crippen LogP contribution in [0.3, 0.4) is 0 Å².